The van der Waals surface area contributed by atoms with Gasteiger partial charge in [0.2, 0.25) is 0 Å². The minimum atomic E-state index is -0.963. The molecule has 0 radical (unpaired) electrons. The van der Waals surface area contributed by atoms with E-state index in [1.807, 2.05) is 19.1 Å². The van der Waals surface area contributed by atoms with Gasteiger partial charge < -0.3 is 19.9 Å². The molecule has 32 heavy (non-hydrogen) atoms. The number of carboxylic acids is 1. The van der Waals surface area contributed by atoms with Crippen molar-refractivity contribution in [3.8, 4) is 11.5 Å². The molecule has 168 valence electrons. The summed E-state index contributed by atoms with van der Waals surface area (Å²) < 4.78 is 11.7. The number of carbonyl (C=O) groups is 1. The fraction of sp³-hybridized carbons (Fsp3) is 0.208. The molecule has 0 saturated heterocycles. The Morgan fingerprint density at radius 1 is 1.03 bits per heavy atom. The number of benzene rings is 3. The summed E-state index contributed by atoms with van der Waals surface area (Å²) in [6, 6.07) is 13.9. The van der Waals surface area contributed by atoms with Crippen LogP contribution in [-0.2, 0) is 13.2 Å². The second-order valence-electron chi connectivity index (χ2n) is 7.00. The maximum absolute atomic E-state index is 11.4. The smallest absolute Gasteiger partial charge is 0.336 e. The van der Waals surface area contributed by atoms with Gasteiger partial charge in [-0.05, 0) is 61.4 Å². The van der Waals surface area contributed by atoms with Crippen molar-refractivity contribution in [3.05, 3.63) is 85.9 Å². The molecule has 5 nitrogen and oxygen atoms in total. The fourth-order valence-electron chi connectivity index (χ4n) is 3.17. The highest BCUT2D eigenvalue weighted by atomic mass is 35.5. The van der Waals surface area contributed by atoms with E-state index in [2.05, 4.69) is 5.32 Å². The summed E-state index contributed by atoms with van der Waals surface area (Å²) in [5.74, 6) is -0.0275. The Bertz CT molecular complexity index is 1130. The quantitative estimate of drug-likeness (QED) is 0.328. The molecule has 0 bridgehead atoms. The fourth-order valence-corrected chi connectivity index (χ4v) is 3.92. The van der Waals surface area contributed by atoms with E-state index in [0.717, 1.165) is 16.8 Å². The molecule has 0 aromatic heterocycles. The molecule has 0 saturated carbocycles. The monoisotopic (exact) mass is 493 g/mol. The summed E-state index contributed by atoms with van der Waals surface area (Å²) in [5.41, 5.74) is 3.28. The van der Waals surface area contributed by atoms with E-state index in [1.165, 1.54) is 0 Å². The second kappa shape index (κ2) is 10.8. The highest BCUT2D eigenvalue weighted by molar-refractivity contribution is 6.35. The zero-order chi connectivity index (χ0) is 23.3. The van der Waals surface area contributed by atoms with Crippen molar-refractivity contribution in [1.82, 2.24) is 0 Å². The zero-order valence-electron chi connectivity index (χ0n) is 17.5. The summed E-state index contributed by atoms with van der Waals surface area (Å²) in [6.45, 7) is 4.70. The molecule has 3 rings (SSSR count). The van der Waals surface area contributed by atoms with Crippen LogP contribution in [0.5, 0.6) is 11.5 Å². The van der Waals surface area contributed by atoms with Gasteiger partial charge in [0.15, 0.2) is 11.5 Å². The molecule has 0 spiro atoms. The van der Waals surface area contributed by atoms with Gasteiger partial charge in [-0.2, -0.15) is 0 Å². The first-order chi connectivity index (χ1) is 15.3. The molecule has 0 heterocycles. The zero-order valence-corrected chi connectivity index (χ0v) is 19.8. The van der Waals surface area contributed by atoms with Crippen LogP contribution in [0.25, 0.3) is 0 Å². The van der Waals surface area contributed by atoms with Gasteiger partial charge in [0.05, 0.1) is 17.2 Å². The third kappa shape index (κ3) is 5.80. The van der Waals surface area contributed by atoms with Gasteiger partial charge in [-0.1, -0.05) is 46.9 Å². The van der Waals surface area contributed by atoms with Crippen molar-refractivity contribution in [2.75, 3.05) is 11.9 Å². The molecular formula is C24H22Cl3NO4. The van der Waals surface area contributed by atoms with Crippen LogP contribution in [0.4, 0.5) is 5.69 Å². The average Bonchev–Trinajstić information content (AvgIpc) is 2.73. The molecule has 0 atom stereocenters. The molecule has 0 aliphatic rings. The maximum atomic E-state index is 11.4. The number of aromatic carboxylic acids is 1. The topological polar surface area (TPSA) is 67.8 Å². The van der Waals surface area contributed by atoms with E-state index < -0.39 is 5.97 Å². The largest absolute Gasteiger partial charge is 0.490 e. The van der Waals surface area contributed by atoms with Gasteiger partial charge in [-0.3, -0.25) is 0 Å². The lowest BCUT2D eigenvalue weighted by atomic mass is 10.1. The Labute approximate surface area is 201 Å². The second-order valence-corrected chi connectivity index (χ2v) is 8.25. The Hall–Kier alpha value is -2.60. The van der Waals surface area contributed by atoms with Gasteiger partial charge >= 0.3 is 5.97 Å². The maximum Gasteiger partial charge on any atom is 0.336 e. The summed E-state index contributed by atoms with van der Waals surface area (Å²) in [7, 11) is 0. The minimum absolute atomic E-state index is 0.203. The SMILES string of the molecule is CCOc1cc(CNc2cccc(C(=O)O)c2C)cc(Cl)c1OCc1ccc(Cl)cc1Cl. The van der Waals surface area contributed by atoms with Gasteiger partial charge in [-0.25, -0.2) is 4.79 Å². The number of ether oxygens (including phenoxy) is 2. The number of nitrogens with one attached hydrogen (secondary N) is 1. The van der Waals surface area contributed by atoms with Crippen LogP contribution < -0.4 is 14.8 Å². The van der Waals surface area contributed by atoms with Crippen molar-refractivity contribution < 1.29 is 19.4 Å². The highest BCUT2D eigenvalue weighted by Crippen LogP contribution is 2.38. The number of carboxylic acid groups (broad SMARTS) is 1. The van der Waals surface area contributed by atoms with Crippen molar-refractivity contribution in [2.45, 2.75) is 27.0 Å². The van der Waals surface area contributed by atoms with Gasteiger partial charge in [0.1, 0.15) is 6.61 Å². The van der Waals surface area contributed by atoms with Crippen LogP contribution in [-0.4, -0.2) is 17.7 Å². The van der Waals surface area contributed by atoms with E-state index in [4.69, 9.17) is 44.3 Å². The first-order valence-electron chi connectivity index (χ1n) is 9.88. The lowest BCUT2D eigenvalue weighted by Crippen LogP contribution is -2.07. The molecule has 0 amide bonds. The van der Waals surface area contributed by atoms with Gasteiger partial charge in [-0.15, -0.1) is 0 Å². The Morgan fingerprint density at radius 2 is 1.81 bits per heavy atom. The number of halogens is 3. The highest BCUT2D eigenvalue weighted by Gasteiger charge is 2.15. The summed E-state index contributed by atoms with van der Waals surface area (Å²) in [5, 5.41) is 14.0. The van der Waals surface area contributed by atoms with Gasteiger partial charge in [0.25, 0.3) is 0 Å². The summed E-state index contributed by atoms with van der Waals surface area (Å²) >= 11 is 18.7. The van der Waals surface area contributed by atoms with E-state index in [-0.39, 0.29) is 12.2 Å². The molecule has 3 aromatic carbocycles. The Balaban J connectivity index is 1.79. The molecule has 0 aliphatic heterocycles. The summed E-state index contributed by atoms with van der Waals surface area (Å²) in [6.07, 6.45) is 0. The van der Waals surface area contributed by atoms with Crippen molar-refractivity contribution >= 4 is 46.5 Å². The lowest BCUT2D eigenvalue weighted by Gasteiger charge is -2.17. The number of hydrogen-bond acceptors (Lipinski definition) is 4. The summed E-state index contributed by atoms with van der Waals surface area (Å²) in [4.78, 5) is 11.4. The van der Waals surface area contributed by atoms with Crippen molar-refractivity contribution in [1.29, 1.82) is 0 Å². The van der Waals surface area contributed by atoms with E-state index in [9.17, 15) is 9.90 Å². The number of anilines is 1. The van der Waals surface area contributed by atoms with Crippen LogP contribution in [0.15, 0.2) is 48.5 Å². The molecular weight excluding hydrogens is 473 g/mol. The van der Waals surface area contributed by atoms with Crippen LogP contribution in [0.3, 0.4) is 0 Å². The van der Waals surface area contributed by atoms with Crippen LogP contribution in [0.2, 0.25) is 15.1 Å². The molecule has 3 aromatic rings. The molecule has 0 unspecified atom stereocenters. The number of hydrogen-bond donors (Lipinski definition) is 2. The first-order valence-corrected chi connectivity index (χ1v) is 11.0. The normalized spacial score (nSPS) is 10.7. The Kier molecular flexibility index (Phi) is 8.13. The lowest BCUT2D eigenvalue weighted by molar-refractivity contribution is 0.0696. The van der Waals surface area contributed by atoms with E-state index in [0.29, 0.717) is 45.3 Å². The predicted molar refractivity (Wildman–Crippen MR) is 129 cm³/mol. The predicted octanol–water partition coefficient (Wildman–Crippen LogP) is 7.24. The van der Waals surface area contributed by atoms with E-state index in [1.54, 1.807) is 43.3 Å². The van der Waals surface area contributed by atoms with Crippen molar-refractivity contribution in [3.63, 3.8) is 0 Å². The standard InChI is InChI=1S/C24H22Cl3NO4/c1-3-31-22-10-15(12-28-21-6-4-5-18(14(21)2)24(29)30)9-20(27)23(22)32-13-16-7-8-17(25)11-19(16)26/h4-11,28H,3,12-13H2,1-2H3,(H,29,30). The third-order valence-corrected chi connectivity index (χ3v) is 5.67. The molecule has 2 N–H and O–H groups in total. The van der Waals surface area contributed by atoms with Crippen molar-refractivity contribution in [2.24, 2.45) is 0 Å². The number of rotatable bonds is 9. The van der Waals surface area contributed by atoms with E-state index >= 15 is 0 Å². The first kappa shape index (κ1) is 24.1. The molecule has 8 heteroatoms. The van der Waals surface area contributed by atoms with Crippen LogP contribution >= 0.6 is 34.8 Å². The third-order valence-electron chi connectivity index (χ3n) is 4.80. The average molecular weight is 495 g/mol. The molecule has 0 aliphatic carbocycles. The van der Waals surface area contributed by atoms with Gasteiger partial charge in [0, 0.05) is 27.8 Å². The van der Waals surface area contributed by atoms with Crippen LogP contribution in [0, 0.1) is 6.92 Å². The minimum Gasteiger partial charge on any atom is -0.490 e. The Morgan fingerprint density at radius 3 is 2.50 bits per heavy atom. The van der Waals surface area contributed by atoms with Crippen LogP contribution in [0.1, 0.15) is 34.0 Å². The molecule has 0 fully saturated rings.